The fourth-order valence-electron chi connectivity index (χ4n) is 2.47. The fraction of sp³-hybridized carbons (Fsp3) is 0.667. The summed E-state index contributed by atoms with van der Waals surface area (Å²) in [7, 11) is 0. The Morgan fingerprint density at radius 1 is 1.53 bits per heavy atom. The molecule has 1 aromatic rings. The molecule has 0 aromatic carbocycles. The maximum absolute atomic E-state index is 6.09. The molecule has 0 spiro atoms. The molecule has 0 bridgehead atoms. The summed E-state index contributed by atoms with van der Waals surface area (Å²) in [5.74, 6) is 1.08. The Morgan fingerprint density at radius 2 is 2.32 bits per heavy atom. The molecule has 2 heterocycles. The highest BCUT2D eigenvalue weighted by Gasteiger charge is 2.26. The lowest BCUT2D eigenvalue weighted by Gasteiger charge is -2.38. The normalized spacial score (nSPS) is 25.4. The van der Waals surface area contributed by atoms with Crippen LogP contribution in [0, 0.1) is 0 Å². The zero-order valence-electron chi connectivity index (χ0n) is 12.2. The van der Waals surface area contributed by atoms with Gasteiger partial charge in [-0.1, -0.05) is 13.0 Å². The summed E-state index contributed by atoms with van der Waals surface area (Å²) in [6, 6.07) is 4.71. The summed E-state index contributed by atoms with van der Waals surface area (Å²) in [5.41, 5.74) is 7.34. The average Bonchev–Trinajstić information content (AvgIpc) is 2.42. The van der Waals surface area contributed by atoms with E-state index in [2.05, 4.69) is 36.7 Å². The van der Waals surface area contributed by atoms with Crippen molar-refractivity contribution in [3.63, 3.8) is 0 Å². The van der Waals surface area contributed by atoms with Gasteiger partial charge in [-0.3, -0.25) is 0 Å². The first-order valence-corrected chi connectivity index (χ1v) is 7.19. The van der Waals surface area contributed by atoms with Crippen molar-refractivity contribution in [2.75, 3.05) is 18.1 Å². The smallest absolute Gasteiger partial charge is 0.132 e. The highest BCUT2D eigenvalue weighted by Crippen LogP contribution is 2.24. The summed E-state index contributed by atoms with van der Waals surface area (Å²) in [4.78, 5) is 6.94. The highest BCUT2D eigenvalue weighted by molar-refractivity contribution is 5.48. The number of pyridine rings is 1. The first-order chi connectivity index (χ1) is 9.11. The number of aromatic nitrogens is 1. The highest BCUT2D eigenvalue weighted by atomic mass is 16.5. The van der Waals surface area contributed by atoms with Crippen LogP contribution in [-0.4, -0.2) is 36.3 Å². The van der Waals surface area contributed by atoms with Crippen LogP contribution in [0.4, 0.5) is 5.82 Å². The van der Waals surface area contributed by atoms with Crippen molar-refractivity contribution in [3.05, 3.63) is 23.9 Å². The second kappa shape index (κ2) is 6.35. The second-order valence-corrected chi connectivity index (χ2v) is 5.50. The Kier molecular flexibility index (Phi) is 4.77. The van der Waals surface area contributed by atoms with Crippen LogP contribution in [0.2, 0.25) is 0 Å². The van der Waals surface area contributed by atoms with E-state index in [1.165, 1.54) is 5.56 Å². The summed E-state index contributed by atoms with van der Waals surface area (Å²) in [6.07, 6.45) is 4.00. The van der Waals surface area contributed by atoms with E-state index < -0.39 is 0 Å². The van der Waals surface area contributed by atoms with Crippen LogP contribution in [0.3, 0.4) is 0 Å². The number of ether oxygens (including phenoxy) is 1. The number of rotatable bonds is 4. The van der Waals surface area contributed by atoms with E-state index in [0.717, 1.165) is 31.8 Å². The summed E-state index contributed by atoms with van der Waals surface area (Å²) in [5, 5.41) is 0. The number of morpholine rings is 1. The first kappa shape index (κ1) is 14.3. The van der Waals surface area contributed by atoms with Gasteiger partial charge in [0, 0.05) is 18.8 Å². The summed E-state index contributed by atoms with van der Waals surface area (Å²) >= 11 is 0. The maximum Gasteiger partial charge on any atom is 0.132 e. The Hall–Kier alpha value is -1.13. The first-order valence-electron chi connectivity index (χ1n) is 7.19. The SMILES string of the molecule is CCC(N)Cc1cccnc1N1CC(C)OCC1C. The van der Waals surface area contributed by atoms with E-state index in [0.29, 0.717) is 6.04 Å². The fourth-order valence-corrected chi connectivity index (χ4v) is 2.47. The van der Waals surface area contributed by atoms with Crippen molar-refractivity contribution >= 4 is 5.82 Å². The molecule has 0 aliphatic carbocycles. The van der Waals surface area contributed by atoms with Gasteiger partial charge in [0.15, 0.2) is 0 Å². The van der Waals surface area contributed by atoms with Crippen molar-refractivity contribution in [2.24, 2.45) is 5.73 Å². The third kappa shape index (κ3) is 3.45. The second-order valence-electron chi connectivity index (χ2n) is 5.50. The minimum atomic E-state index is 0.205. The lowest BCUT2D eigenvalue weighted by molar-refractivity contribution is 0.0340. The van der Waals surface area contributed by atoms with Gasteiger partial charge in [0.05, 0.1) is 18.8 Å². The molecule has 1 aromatic heterocycles. The van der Waals surface area contributed by atoms with Crippen LogP contribution in [0.15, 0.2) is 18.3 Å². The Morgan fingerprint density at radius 3 is 3.05 bits per heavy atom. The Bertz CT molecular complexity index is 410. The molecule has 1 aliphatic heterocycles. The van der Waals surface area contributed by atoms with Crippen LogP contribution < -0.4 is 10.6 Å². The van der Waals surface area contributed by atoms with Crippen molar-refractivity contribution in [2.45, 2.75) is 51.8 Å². The largest absolute Gasteiger partial charge is 0.375 e. The Balaban J connectivity index is 2.22. The Labute approximate surface area is 116 Å². The molecule has 4 heteroatoms. The molecule has 19 heavy (non-hydrogen) atoms. The van der Waals surface area contributed by atoms with Crippen molar-refractivity contribution in [1.82, 2.24) is 4.98 Å². The lowest BCUT2D eigenvalue weighted by Crippen LogP contribution is -2.48. The summed E-state index contributed by atoms with van der Waals surface area (Å²) < 4.78 is 5.69. The molecule has 1 saturated heterocycles. The maximum atomic E-state index is 6.09. The third-order valence-corrected chi connectivity index (χ3v) is 3.75. The monoisotopic (exact) mass is 263 g/mol. The van der Waals surface area contributed by atoms with Crippen LogP contribution >= 0.6 is 0 Å². The molecule has 3 atom stereocenters. The van der Waals surface area contributed by atoms with Crippen LogP contribution in [0.25, 0.3) is 0 Å². The zero-order chi connectivity index (χ0) is 13.8. The molecular weight excluding hydrogens is 238 g/mol. The molecule has 3 unspecified atom stereocenters. The van der Waals surface area contributed by atoms with Crippen LogP contribution in [0.5, 0.6) is 0 Å². The van der Waals surface area contributed by atoms with Gasteiger partial charge in [0.25, 0.3) is 0 Å². The van der Waals surface area contributed by atoms with E-state index in [1.54, 1.807) is 0 Å². The standard InChI is InChI=1S/C15H25N3O/c1-4-14(16)8-13-6-5-7-17-15(13)18-9-12(3)19-10-11(18)2/h5-7,11-12,14H,4,8-10,16H2,1-3H3. The van der Waals surface area contributed by atoms with Crippen LogP contribution in [-0.2, 0) is 11.2 Å². The number of hydrogen-bond donors (Lipinski definition) is 1. The van der Waals surface area contributed by atoms with Gasteiger partial charge in [-0.15, -0.1) is 0 Å². The van der Waals surface area contributed by atoms with Crippen LogP contribution in [0.1, 0.15) is 32.8 Å². The predicted octanol–water partition coefficient (Wildman–Crippen LogP) is 1.97. The molecule has 2 N–H and O–H groups in total. The quantitative estimate of drug-likeness (QED) is 0.902. The van der Waals surface area contributed by atoms with Gasteiger partial charge in [-0.05, 0) is 38.3 Å². The molecule has 1 aliphatic rings. The molecule has 0 saturated carbocycles. The minimum absolute atomic E-state index is 0.205. The third-order valence-electron chi connectivity index (χ3n) is 3.75. The summed E-state index contributed by atoms with van der Waals surface area (Å²) in [6.45, 7) is 8.08. The molecule has 106 valence electrons. The number of nitrogens with two attached hydrogens (primary N) is 1. The minimum Gasteiger partial charge on any atom is -0.375 e. The van der Waals surface area contributed by atoms with E-state index in [-0.39, 0.29) is 12.1 Å². The zero-order valence-corrected chi connectivity index (χ0v) is 12.2. The molecular formula is C15H25N3O. The molecule has 2 rings (SSSR count). The van der Waals surface area contributed by atoms with Gasteiger partial charge >= 0.3 is 0 Å². The van der Waals surface area contributed by atoms with Gasteiger partial charge in [0.2, 0.25) is 0 Å². The van der Waals surface area contributed by atoms with E-state index in [4.69, 9.17) is 10.5 Å². The number of anilines is 1. The van der Waals surface area contributed by atoms with Crippen molar-refractivity contribution in [1.29, 1.82) is 0 Å². The van der Waals surface area contributed by atoms with Crippen molar-refractivity contribution < 1.29 is 4.74 Å². The topological polar surface area (TPSA) is 51.4 Å². The predicted molar refractivity (Wildman–Crippen MR) is 78.4 cm³/mol. The van der Waals surface area contributed by atoms with Gasteiger partial charge in [0.1, 0.15) is 5.82 Å². The average molecular weight is 263 g/mol. The number of nitrogens with zero attached hydrogens (tertiary/aromatic N) is 2. The number of hydrogen-bond acceptors (Lipinski definition) is 4. The van der Waals surface area contributed by atoms with Gasteiger partial charge in [-0.25, -0.2) is 4.98 Å². The lowest BCUT2D eigenvalue weighted by atomic mass is 10.0. The van der Waals surface area contributed by atoms with E-state index in [1.807, 2.05) is 12.3 Å². The molecule has 4 nitrogen and oxygen atoms in total. The van der Waals surface area contributed by atoms with E-state index >= 15 is 0 Å². The molecule has 0 amide bonds. The molecule has 0 radical (unpaired) electrons. The van der Waals surface area contributed by atoms with Gasteiger partial charge in [-0.2, -0.15) is 0 Å². The molecule has 1 fully saturated rings. The van der Waals surface area contributed by atoms with Gasteiger partial charge < -0.3 is 15.4 Å². The van der Waals surface area contributed by atoms with Crippen molar-refractivity contribution in [3.8, 4) is 0 Å². The van der Waals surface area contributed by atoms with E-state index in [9.17, 15) is 0 Å².